The zero-order chi connectivity index (χ0) is 25.1. The largest absolute Gasteiger partial charge is 0.346 e. The number of nitriles is 1. The lowest BCUT2D eigenvalue weighted by Gasteiger charge is -2.26. The quantitative estimate of drug-likeness (QED) is 0.503. The summed E-state index contributed by atoms with van der Waals surface area (Å²) in [5.74, 6) is -1.26. The third-order valence-corrected chi connectivity index (χ3v) is 6.40. The second-order valence-corrected chi connectivity index (χ2v) is 8.78. The highest BCUT2D eigenvalue weighted by Gasteiger charge is 2.36. The van der Waals surface area contributed by atoms with E-state index < -0.39 is 23.8 Å². The minimum atomic E-state index is -0.905. The monoisotopic (exact) mass is 495 g/mol. The SMILES string of the molecule is CC(=O)c1nc(CC(=O)N2CCC[C@H]2C(=O)N[C@H](CC#N)c2cccc(Cl)c2F)n2ccccc12. The maximum Gasteiger partial charge on any atom is 0.243 e. The number of hydrogen-bond donors (Lipinski definition) is 1. The zero-order valence-electron chi connectivity index (χ0n) is 19.0. The number of halogens is 2. The van der Waals surface area contributed by atoms with Gasteiger partial charge in [-0.2, -0.15) is 5.26 Å². The third-order valence-electron chi connectivity index (χ3n) is 6.11. The van der Waals surface area contributed by atoms with Crippen LogP contribution < -0.4 is 5.32 Å². The topological polar surface area (TPSA) is 108 Å². The Morgan fingerprint density at radius 2 is 2.09 bits per heavy atom. The summed E-state index contributed by atoms with van der Waals surface area (Å²) in [6.07, 6.45) is 2.55. The van der Waals surface area contributed by atoms with Gasteiger partial charge in [0.2, 0.25) is 11.8 Å². The van der Waals surface area contributed by atoms with Gasteiger partial charge < -0.3 is 14.6 Å². The molecule has 1 aromatic carbocycles. The van der Waals surface area contributed by atoms with Crippen molar-refractivity contribution in [3.8, 4) is 6.07 Å². The van der Waals surface area contributed by atoms with E-state index in [-0.39, 0.29) is 40.8 Å². The van der Waals surface area contributed by atoms with Crippen LogP contribution in [0.2, 0.25) is 5.02 Å². The molecule has 1 fully saturated rings. The Bertz CT molecular complexity index is 1350. The van der Waals surface area contributed by atoms with Crippen molar-refractivity contribution in [1.29, 1.82) is 5.26 Å². The summed E-state index contributed by atoms with van der Waals surface area (Å²) in [5.41, 5.74) is 1.01. The lowest BCUT2D eigenvalue weighted by Crippen LogP contribution is -2.47. The van der Waals surface area contributed by atoms with Crippen LogP contribution in [0.5, 0.6) is 0 Å². The van der Waals surface area contributed by atoms with Gasteiger partial charge in [-0.15, -0.1) is 0 Å². The van der Waals surface area contributed by atoms with E-state index in [4.69, 9.17) is 11.6 Å². The summed E-state index contributed by atoms with van der Waals surface area (Å²) in [5, 5.41) is 11.8. The van der Waals surface area contributed by atoms with Gasteiger partial charge in [0.05, 0.1) is 35.5 Å². The van der Waals surface area contributed by atoms with E-state index >= 15 is 0 Å². The smallest absolute Gasteiger partial charge is 0.243 e. The molecule has 0 aliphatic carbocycles. The number of fused-ring (bicyclic) bond motifs is 1. The summed E-state index contributed by atoms with van der Waals surface area (Å²) in [6, 6.07) is 10.0. The van der Waals surface area contributed by atoms with Crippen LogP contribution in [0.3, 0.4) is 0 Å². The number of nitrogens with zero attached hydrogens (tertiary/aromatic N) is 4. The fourth-order valence-corrected chi connectivity index (χ4v) is 4.63. The number of benzene rings is 1. The van der Waals surface area contributed by atoms with E-state index in [1.807, 2.05) is 6.07 Å². The predicted molar refractivity (Wildman–Crippen MR) is 126 cm³/mol. The summed E-state index contributed by atoms with van der Waals surface area (Å²) < 4.78 is 16.2. The van der Waals surface area contributed by atoms with Gasteiger partial charge in [-0.3, -0.25) is 14.4 Å². The van der Waals surface area contributed by atoms with Crippen molar-refractivity contribution in [2.45, 2.75) is 44.7 Å². The van der Waals surface area contributed by atoms with Gasteiger partial charge in [0.1, 0.15) is 23.4 Å². The second kappa shape index (κ2) is 10.2. The van der Waals surface area contributed by atoms with Crippen LogP contribution in [-0.2, 0) is 16.0 Å². The number of Topliss-reactive ketones (excluding diaryl/α,β-unsaturated/α-hetero) is 1. The lowest BCUT2D eigenvalue weighted by atomic mass is 10.0. The molecule has 1 saturated heterocycles. The summed E-state index contributed by atoms with van der Waals surface area (Å²) in [4.78, 5) is 44.2. The molecular formula is C25H23ClFN5O3. The van der Waals surface area contributed by atoms with Gasteiger partial charge in [-0.1, -0.05) is 29.8 Å². The minimum Gasteiger partial charge on any atom is -0.346 e. The first kappa shape index (κ1) is 24.4. The normalized spacial score (nSPS) is 16.2. The van der Waals surface area contributed by atoms with Crippen molar-refractivity contribution in [1.82, 2.24) is 19.6 Å². The fourth-order valence-electron chi connectivity index (χ4n) is 4.45. The molecule has 35 heavy (non-hydrogen) atoms. The van der Waals surface area contributed by atoms with Crippen molar-refractivity contribution < 1.29 is 18.8 Å². The molecule has 3 heterocycles. The van der Waals surface area contributed by atoms with E-state index in [0.717, 1.165) is 0 Å². The molecule has 0 spiro atoms. The van der Waals surface area contributed by atoms with Crippen molar-refractivity contribution in [2.24, 2.45) is 0 Å². The van der Waals surface area contributed by atoms with Gasteiger partial charge in [0.15, 0.2) is 5.78 Å². The number of hydrogen-bond acceptors (Lipinski definition) is 5. The molecule has 1 aliphatic heterocycles. The first-order valence-corrected chi connectivity index (χ1v) is 11.6. The Morgan fingerprint density at radius 3 is 2.83 bits per heavy atom. The number of imidazole rings is 1. The standard InChI is InChI=1S/C25H23ClFN5O3/c1-15(33)24-19-8-2-3-12-31(19)21(30-24)14-22(34)32-13-5-9-20(32)25(35)29-18(10-11-28)16-6-4-7-17(26)23(16)27/h2-4,6-8,12,18,20H,5,9-10,13-14H2,1H3,(H,29,35)/t18-,20+/m1/s1. The summed E-state index contributed by atoms with van der Waals surface area (Å²) >= 11 is 5.87. The molecule has 0 unspecified atom stereocenters. The molecular weight excluding hydrogens is 473 g/mol. The molecule has 180 valence electrons. The number of rotatable bonds is 7. The molecule has 8 nitrogen and oxygen atoms in total. The lowest BCUT2D eigenvalue weighted by molar-refractivity contribution is -0.138. The van der Waals surface area contributed by atoms with Crippen molar-refractivity contribution in [3.05, 3.63) is 70.5 Å². The molecule has 0 radical (unpaired) electrons. The third kappa shape index (κ3) is 4.88. The Hall–Kier alpha value is -3.77. The van der Waals surface area contributed by atoms with E-state index in [1.54, 1.807) is 34.9 Å². The fraction of sp³-hybridized carbons (Fsp3) is 0.320. The molecule has 1 N–H and O–H groups in total. The van der Waals surface area contributed by atoms with Gasteiger partial charge in [0, 0.05) is 25.2 Å². The molecule has 0 bridgehead atoms. The van der Waals surface area contributed by atoms with E-state index in [0.29, 0.717) is 30.7 Å². The Labute approximate surface area is 206 Å². The highest BCUT2D eigenvalue weighted by atomic mass is 35.5. The maximum atomic E-state index is 14.5. The van der Waals surface area contributed by atoms with Gasteiger partial charge in [0.25, 0.3) is 0 Å². The highest BCUT2D eigenvalue weighted by Crippen LogP contribution is 2.27. The van der Waals surface area contributed by atoms with Crippen LogP contribution in [-0.4, -0.2) is 44.5 Å². The molecule has 2 amide bonds. The molecule has 0 saturated carbocycles. The van der Waals surface area contributed by atoms with Crippen LogP contribution in [0, 0.1) is 17.1 Å². The van der Waals surface area contributed by atoms with Crippen LogP contribution >= 0.6 is 11.6 Å². The van der Waals surface area contributed by atoms with Crippen LogP contribution in [0.1, 0.15) is 54.1 Å². The molecule has 4 rings (SSSR count). The first-order chi connectivity index (χ1) is 16.8. The maximum absolute atomic E-state index is 14.5. The predicted octanol–water partition coefficient (Wildman–Crippen LogP) is 3.63. The number of ketones is 1. The molecule has 3 aromatic rings. The van der Waals surface area contributed by atoms with E-state index in [1.165, 1.54) is 24.0 Å². The van der Waals surface area contributed by atoms with Crippen LogP contribution in [0.15, 0.2) is 42.6 Å². The molecule has 10 heteroatoms. The van der Waals surface area contributed by atoms with Gasteiger partial charge in [-0.25, -0.2) is 9.37 Å². The molecule has 2 aromatic heterocycles. The average molecular weight is 496 g/mol. The highest BCUT2D eigenvalue weighted by molar-refractivity contribution is 6.30. The number of carbonyl (C=O) groups excluding carboxylic acids is 3. The molecule has 2 atom stereocenters. The Balaban J connectivity index is 1.53. The van der Waals surface area contributed by atoms with Crippen molar-refractivity contribution >= 4 is 34.7 Å². The minimum absolute atomic E-state index is 0.0905. The number of carbonyl (C=O) groups is 3. The number of likely N-dealkylation sites (tertiary alicyclic amines) is 1. The number of pyridine rings is 1. The first-order valence-electron chi connectivity index (χ1n) is 11.2. The average Bonchev–Trinajstić information content (AvgIpc) is 3.46. The van der Waals surface area contributed by atoms with E-state index in [2.05, 4.69) is 10.3 Å². The summed E-state index contributed by atoms with van der Waals surface area (Å²) in [6.45, 7) is 1.80. The Morgan fingerprint density at radius 1 is 1.29 bits per heavy atom. The van der Waals surface area contributed by atoms with Crippen molar-refractivity contribution in [2.75, 3.05) is 6.54 Å². The van der Waals surface area contributed by atoms with Crippen molar-refractivity contribution in [3.63, 3.8) is 0 Å². The second-order valence-electron chi connectivity index (χ2n) is 8.38. The Kier molecular flexibility index (Phi) is 7.12. The molecule has 1 aliphatic rings. The summed E-state index contributed by atoms with van der Waals surface area (Å²) in [7, 11) is 0. The number of aromatic nitrogens is 2. The van der Waals surface area contributed by atoms with Gasteiger partial charge >= 0.3 is 0 Å². The van der Waals surface area contributed by atoms with Gasteiger partial charge in [-0.05, 0) is 31.0 Å². The number of amides is 2. The number of nitrogens with one attached hydrogen (secondary N) is 1. The van der Waals surface area contributed by atoms with E-state index in [9.17, 15) is 24.0 Å². The van der Waals surface area contributed by atoms with Crippen LogP contribution in [0.4, 0.5) is 4.39 Å². The van der Waals surface area contributed by atoms with Crippen LogP contribution in [0.25, 0.3) is 5.52 Å². The zero-order valence-corrected chi connectivity index (χ0v) is 19.8.